The highest BCUT2D eigenvalue weighted by molar-refractivity contribution is 8.13. The minimum absolute atomic E-state index is 0.0567. The number of hydrazone groups is 1. The zero-order chi connectivity index (χ0) is 28.3. The first-order chi connectivity index (χ1) is 19.4. The molecule has 0 radical (unpaired) electrons. The molecule has 208 valence electrons. The average Bonchev–Trinajstić information content (AvgIpc) is 2.95. The van der Waals surface area contributed by atoms with Gasteiger partial charge in [0.15, 0.2) is 11.4 Å². The number of benzene rings is 3. The summed E-state index contributed by atoms with van der Waals surface area (Å²) in [6.07, 6.45) is 3.87. The van der Waals surface area contributed by atoms with E-state index < -0.39 is 13.5 Å². The van der Waals surface area contributed by atoms with Crippen LogP contribution in [0.2, 0.25) is 0 Å². The highest BCUT2D eigenvalue weighted by atomic mass is 32.2. The Kier molecular flexibility index (Phi) is 10.2. The van der Waals surface area contributed by atoms with E-state index in [1.165, 1.54) is 12.4 Å². The van der Waals surface area contributed by atoms with E-state index in [9.17, 15) is 13.2 Å². The van der Waals surface area contributed by atoms with Crippen LogP contribution in [0.25, 0.3) is 0 Å². The van der Waals surface area contributed by atoms with Crippen molar-refractivity contribution in [3.8, 4) is 11.5 Å². The highest BCUT2D eigenvalue weighted by Crippen LogP contribution is 2.33. The number of thioether (sulfide) groups is 1. The van der Waals surface area contributed by atoms with E-state index in [1.54, 1.807) is 60.4 Å². The van der Waals surface area contributed by atoms with E-state index in [0.29, 0.717) is 22.7 Å². The Morgan fingerprint density at radius 3 is 2.60 bits per heavy atom. The van der Waals surface area contributed by atoms with Gasteiger partial charge in [0, 0.05) is 11.3 Å². The Balaban J connectivity index is 1.42. The molecule has 4 rings (SSSR count). The van der Waals surface area contributed by atoms with E-state index in [2.05, 4.69) is 20.5 Å². The number of aliphatic imine (C=N–C) groups is 2. The number of ether oxygens (including phenoxy) is 2. The van der Waals surface area contributed by atoms with Gasteiger partial charge in [0.2, 0.25) is 6.86 Å². The molecule has 3 aromatic rings. The lowest BCUT2D eigenvalue weighted by molar-refractivity contribution is -0.482. The molecule has 1 atom stereocenters. The van der Waals surface area contributed by atoms with Gasteiger partial charge in [0.25, 0.3) is 0 Å². The van der Waals surface area contributed by atoms with Gasteiger partial charge in [-0.1, -0.05) is 41.5 Å². The predicted octanol–water partition coefficient (Wildman–Crippen LogP) is 5.81. The summed E-state index contributed by atoms with van der Waals surface area (Å²) in [6.45, 7) is -1.78. The molecule has 0 saturated carbocycles. The molecule has 3 N–H and O–H groups in total. The number of amidine groups is 2. The van der Waals surface area contributed by atoms with Crippen molar-refractivity contribution in [2.45, 2.75) is 26.0 Å². The van der Waals surface area contributed by atoms with Crippen molar-refractivity contribution < 1.29 is 27.2 Å². The zero-order valence-electron chi connectivity index (χ0n) is 21.6. The summed E-state index contributed by atoms with van der Waals surface area (Å²) in [5.74, 6) is 1.67. The molecule has 8 nitrogen and oxygen atoms in total. The lowest BCUT2D eigenvalue weighted by atomic mass is 10.1. The smallest absolute Gasteiger partial charge is 0.387 e. The van der Waals surface area contributed by atoms with Crippen LogP contribution in [0, 0.1) is 0 Å². The maximum absolute atomic E-state index is 13.0. The van der Waals surface area contributed by atoms with Crippen LogP contribution in [0.1, 0.15) is 24.5 Å². The van der Waals surface area contributed by atoms with Gasteiger partial charge >= 0.3 is 11.8 Å². The second-order valence-electron chi connectivity index (χ2n) is 8.51. The fraction of sp³-hybridized carbons (Fsp3) is 0.214. The molecule has 1 heterocycles. The molecule has 0 aromatic heterocycles. The Morgan fingerprint density at radius 2 is 1.88 bits per heavy atom. The van der Waals surface area contributed by atoms with Gasteiger partial charge in [-0.3, -0.25) is 0 Å². The number of nitrogens with one attached hydrogen (secondary N) is 1. The number of hydrogen-bond donors (Lipinski definition) is 2. The molecule has 12 heteroatoms. The van der Waals surface area contributed by atoms with Crippen molar-refractivity contribution in [1.29, 1.82) is 0 Å². The zero-order valence-corrected chi connectivity index (χ0v) is 22.4. The summed E-state index contributed by atoms with van der Waals surface area (Å²) >= 11 is 1.56. The molecule has 1 aliphatic rings. The normalized spacial score (nSPS) is 16.2. The molecule has 0 bridgehead atoms. The Bertz CT molecular complexity index is 1400. The molecule has 0 amide bonds. The van der Waals surface area contributed by atoms with Crippen LogP contribution < -0.4 is 20.6 Å². The standard InChI is InChI=1S/C28H27F3N6O2S/c1-19-14-15-40-28(37(19)24-4-2-3-5-25(24)39-27(30)31)36-35-16-20-6-8-21(9-7-20)26(32)34-18-33-22-10-12-23(13-11-22)38-17-29/h2-13,16,18-19,27H,14-15,17H2,1H3,(H2,32,33,34)/p+1/b35-16+. The van der Waals surface area contributed by atoms with Gasteiger partial charge in [-0.25, -0.2) is 19.0 Å². The molecule has 40 heavy (non-hydrogen) atoms. The Morgan fingerprint density at radius 1 is 1.12 bits per heavy atom. The molecule has 1 aliphatic heterocycles. The van der Waals surface area contributed by atoms with Crippen molar-refractivity contribution >= 4 is 46.7 Å². The lowest BCUT2D eigenvalue weighted by Gasteiger charge is -2.23. The summed E-state index contributed by atoms with van der Waals surface area (Å²) in [5.41, 5.74) is 11.8. The summed E-state index contributed by atoms with van der Waals surface area (Å²) < 4.78 is 49.6. The number of nitrogens with two attached hydrogens (primary N) is 1. The molecular formula is C28H28F3N6O2S+. The van der Waals surface area contributed by atoms with Crippen molar-refractivity contribution in [2.24, 2.45) is 20.8 Å². The second-order valence-corrected chi connectivity index (χ2v) is 9.59. The summed E-state index contributed by atoms with van der Waals surface area (Å²) in [6, 6.07) is 20.7. The third-order valence-corrected chi connectivity index (χ3v) is 6.82. The van der Waals surface area contributed by atoms with Crippen LogP contribution >= 0.6 is 11.8 Å². The number of alkyl halides is 3. The monoisotopic (exact) mass is 569 g/mol. The SMILES string of the molecule is CC1CCSC(N/N=C/c2ccc(C(N)=NC=Nc3ccc(OCF)cc3)cc2)=[N+]1c1ccccc1OC(F)F. The number of hydrogen-bond acceptors (Lipinski definition) is 6. The number of nitrogens with zero attached hydrogens (tertiary/aromatic N) is 4. The molecule has 3 aromatic carbocycles. The topological polar surface area (TPSA) is 96.6 Å². The van der Waals surface area contributed by atoms with Crippen LogP contribution in [0.5, 0.6) is 11.5 Å². The first-order valence-corrected chi connectivity index (χ1v) is 13.3. The van der Waals surface area contributed by atoms with Gasteiger partial charge in [0.1, 0.15) is 24.0 Å². The summed E-state index contributed by atoms with van der Waals surface area (Å²) in [7, 11) is 0. The van der Waals surface area contributed by atoms with Crippen molar-refractivity contribution in [3.63, 3.8) is 0 Å². The number of para-hydroxylation sites is 2. The third-order valence-electron chi connectivity index (χ3n) is 5.82. The third kappa shape index (κ3) is 7.85. The van der Waals surface area contributed by atoms with Gasteiger partial charge in [0.05, 0.1) is 11.9 Å². The fourth-order valence-electron chi connectivity index (χ4n) is 3.84. The Hall–Kier alpha value is -4.32. The minimum Gasteiger partial charge on any atom is -0.463 e. The van der Waals surface area contributed by atoms with Crippen LogP contribution in [-0.4, -0.2) is 53.4 Å². The second kappa shape index (κ2) is 14.2. The average molecular weight is 570 g/mol. The number of rotatable bonds is 10. The largest absolute Gasteiger partial charge is 0.463 e. The Labute approximate surface area is 234 Å². The van der Waals surface area contributed by atoms with Gasteiger partial charge in [-0.2, -0.15) is 8.78 Å². The number of halogens is 3. The van der Waals surface area contributed by atoms with Crippen molar-refractivity contribution in [1.82, 2.24) is 5.43 Å². The fourth-order valence-corrected chi connectivity index (χ4v) is 5.02. The van der Waals surface area contributed by atoms with Gasteiger partial charge < -0.3 is 15.2 Å². The lowest BCUT2D eigenvalue weighted by Crippen LogP contribution is -2.36. The molecule has 0 spiro atoms. The maximum atomic E-state index is 13.0. The van der Waals surface area contributed by atoms with E-state index in [4.69, 9.17) is 15.2 Å². The minimum atomic E-state index is -2.92. The first-order valence-electron chi connectivity index (χ1n) is 12.3. The van der Waals surface area contributed by atoms with E-state index in [0.717, 1.165) is 22.9 Å². The highest BCUT2D eigenvalue weighted by Gasteiger charge is 2.29. The molecule has 0 aliphatic carbocycles. The van der Waals surface area contributed by atoms with Crippen LogP contribution in [0.4, 0.5) is 24.5 Å². The molecular weight excluding hydrogens is 541 g/mol. The molecule has 0 saturated heterocycles. The van der Waals surface area contributed by atoms with Gasteiger partial charge in [-0.15, -0.1) is 5.43 Å². The van der Waals surface area contributed by atoms with E-state index in [1.807, 2.05) is 35.8 Å². The van der Waals surface area contributed by atoms with Gasteiger partial charge in [-0.05, 0) is 67.1 Å². The van der Waals surface area contributed by atoms with Crippen molar-refractivity contribution in [3.05, 3.63) is 83.9 Å². The maximum Gasteiger partial charge on any atom is 0.387 e. The van der Waals surface area contributed by atoms with Crippen LogP contribution in [-0.2, 0) is 0 Å². The molecule has 0 fully saturated rings. The van der Waals surface area contributed by atoms with Crippen molar-refractivity contribution in [2.75, 3.05) is 12.6 Å². The predicted molar refractivity (Wildman–Crippen MR) is 154 cm³/mol. The van der Waals surface area contributed by atoms with Crippen LogP contribution in [0.15, 0.2) is 87.9 Å². The first kappa shape index (κ1) is 28.7. The summed E-state index contributed by atoms with van der Waals surface area (Å²) in [5, 5.41) is 5.09. The summed E-state index contributed by atoms with van der Waals surface area (Å²) in [4.78, 5) is 8.37. The molecule has 1 unspecified atom stereocenters. The van der Waals surface area contributed by atoms with E-state index >= 15 is 0 Å². The van der Waals surface area contributed by atoms with E-state index in [-0.39, 0.29) is 17.6 Å². The quantitative estimate of drug-likeness (QED) is 0.139. The van der Waals surface area contributed by atoms with Crippen LogP contribution in [0.3, 0.4) is 0 Å².